The predicted octanol–water partition coefficient (Wildman–Crippen LogP) is 2.09. The number of hydrogen-bond acceptors (Lipinski definition) is 3. The van der Waals surface area contributed by atoms with Gasteiger partial charge in [0.15, 0.2) is 0 Å². The maximum absolute atomic E-state index is 12.1. The lowest BCUT2D eigenvalue weighted by atomic mass is 10.00. The number of nitrogens with zero attached hydrogens (tertiary/aromatic N) is 2. The molecule has 1 fully saturated rings. The number of carbonyl (C=O) groups excluding carboxylic acids is 2. The Labute approximate surface area is 119 Å². The normalized spacial score (nSPS) is 23.2. The molecule has 1 aromatic carbocycles. The summed E-state index contributed by atoms with van der Waals surface area (Å²) in [5.41, 5.74) is 1.33. The topological polar surface area (TPSA) is 40.6 Å². The van der Waals surface area contributed by atoms with Gasteiger partial charge in [-0.1, -0.05) is 18.6 Å². The smallest absolute Gasteiger partial charge is 0.299 e. The fourth-order valence-electron chi connectivity index (χ4n) is 3.26. The fraction of sp³-hybridized carbons (Fsp3) is 0.500. The van der Waals surface area contributed by atoms with Crippen molar-refractivity contribution in [2.24, 2.45) is 0 Å². The molecule has 20 heavy (non-hydrogen) atoms. The molecule has 0 saturated carbocycles. The number of ketones is 1. The van der Waals surface area contributed by atoms with Crippen molar-refractivity contribution in [1.82, 2.24) is 4.90 Å². The second-order valence-electron chi connectivity index (χ2n) is 5.72. The number of para-hydroxylation sites is 1. The van der Waals surface area contributed by atoms with Gasteiger partial charge in [0.2, 0.25) is 0 Å². The summed E-state index contributed by atoms with van der Waals surface area (Å²) < 4.78 is 0. The van der Waals surface area contributed by atoms with Gasteiger partial charge in [0.05, 0.1) is 11.3 Å². The Hall–Kier alpha value is -1.68. The van der Waals surface area contributed by atoms with Gasteiger partial charge in [0.1, 0.15) is 0 Å². The predicted molar refractivity (Wildman–Crippen MR) is 78.0 cm³/mol. The highest BCUT2D eigenvalue weighted by atomic mass is 16.2. The Kier molecular flexibility index (Phi) is 3.57. The summed E-state index contributed by atoms with van der Waals surface area (Å²) in [4.78, 5) is 28.0. The Morgan fingerprint density at radius 3 is 2.80 bits per heavy atom. The number of amides is 1. The SMILES string of the molecule is CN1CCCCC1CCN1C(=O)C(=O)c2ccccc21. The van der Waals surface area contributed by atoms with Gasteiger partial charge < -0.3 is 9.80 Å². The molecule has 106 valence electrons. The van der Waals surface area contributed by atoms with Crippen molar-refractivity contribution in [1.29, 1.82) is 0 Å². The maximum atomic E-state index is 12.1. The molecule has 4 nitrogen and oxygen atoms in total. The Morgan fingerprint density at radius 1 is 1.20 bits per heavy atom. The number of benzene rings is 1. The van der Waals surface area contributed by atoms with Crippen LogP contribution in [0.5, 0.6) is 0 Å². The van der Waals surface area contributed by atoms with E-state index in [4.69, 9.17) is 0 Å². The van der Waals surface area contributed by atoms with E-state index in [2.05, 4.69) is 11.9 Å². The lowest BCUT2D eigenvalue weighted by molar-refractivity contribution is -0.114. The van der Waals surface area contributed by atoms with E-state index in [9.17, 15) is 9.59 Å². The number of carbonyl (C=O) groups is 2. The zero-order valence-corrected chi connectivity index (χ0v) is 11.8. The van der Waals surface area contributed by atoms with Gasteiger partial charge >= 0.3 is 0 Å². The molecule has 2 heterocycles. The minimum Gasteiger partial charge on any atom is -0.305 e. The lowest BCUT2D eigenvalue weighted by Crippen LogP contribution is -2.40. The van der Waals surface area contributed by atoms with Crippen molar-refractivity contribution >= 4 is 17.4 Å². The number of anilines is 1. The molecule has 1 aromatic rings. The fourth-order valence-corrected chi connectivity index (χ4v) is 3.26. The molecule has 1 saturated heterocycles. The summed E-state index contributed by atoms with van der Waals surface area (Å²) >= 11 is 0. The van der Waals surface area contributed by atoms with E-state index in [0.29, 0.717) is 18.2 Å². The van der Waals surface area contributed by atoms with E-state index in [1.165, 1.54) is 19.3 Å². The largest absolute Gasteiger partial charge is 0.305 e. The summed E-state index contributed by atoms with van der Waals surface area (Å²) in [6, 6.07) is 7.82. The molecule has 1 unspecified atom stereocenters. The van der Waals surface area contributed by atoms with E-state index < -0.39 is 0 Å². The second kappa shape index (κ2) is 5.37. The van der Waals surface area contributed by atoms with Gasteiger partial charge in [-0.3, -0.25) is 9.59 Å². The average Bonchev–Trinajstić information content (AvgIpc) is 2.71. The molecule has 0 aromatic heterocycles. The van der Waals surface area contributed by atoms with Crippen LogP contribution in [0.3, 0.4) is 0 Å². The van der Waals surface area contributed by atoms with E-state index in [0.717, 1.165) is 18.7 Å². The van der Waals surface area contributed by atoms with Gasteiger partial charge in [-0.05, 0) is 45.0 Å². The first kappa shape index (κ1) is 13.3. The van der Waals surface area contributed by atoms with Crippen molar-refractivity contribution in [3.05, 3.63) is 29.8 Å². The van der Waals surface area contributed by atoms with Crippen LogP contribution in [-0.4, -0.2) is 42.8 Å². The molecule has 0 bridgehead atoms. The Balaban J connectivity index is 1.71. The Morgan fingerprint density at radius 2 is 2.00 bits per heavy atom. The van der Waals surface area contributed by atoms with Crippen molar-refractivity contribution in [3.8, 4) is 0 Å². The third kappa shape index (κ3) is 2.24. The molecule has 3 rings (SSSR count). The van der Waals surface area contributed by atoms with Crippen LogP contribution in [0.15, 0.2) is 24.3 Å². The first-order chi connectivity index (χ1) is 9.68. The molecule has 1 atom stereocenters. The van der Waals surface area contributed by atoms with Crippen molar-refractivity contribution in [2.75, 3.05) is 25.0 Å². The van der Waals surface area contributed by atoms with Gasteiger partial charge in [-0.25, -0.2) is 0 Å². The third-order valence-electron chi connectivity index (χ3n) is 4.49. The summed E-state index contributed by atoms with van der Waals surface area (Å²) in [5, 5.41) is 0. The van der Waals surface area contributed by atoms with E-state index in [-0.39, 0.29) is 11.7 Å². The molecular formula is C16H20N2O2. The number of piperidine rings is 1. The highest BCUT2D eigenvalue weighted by molar-refractivity contribution is 6.52. The molecule has 2 aliphatic heterocycles. The van der Waals surface area contributed by atoms with Crippen LogP contribution in [0, 0.1) is 0 Å². The maximum Gasteiger partial charge on any atom is 0.299 e. The lowest BCUT2D eigenvalue weighted by Gasteiger charge is -2.33. The van der Waals surface area contributed by atoms with Crippen LogP contribution in [0.25, 0.3) is 0 Å². The first-order valence-corrected chi connectivity index (χ1v) is 7.34. The minimum atomic E-state index is -0.371. The quantitative estimate of drug-likeness (QED) is 0.791. The molecule has 0 N–H and O–H groups in total. The van der Waals surface area contributed by atoms with Crippen LogP contribution in [0.4, 0.5) is 5.69 Å². The van der Waals surface area contributed by atoms with E-state index in [1.54, 1.807) is 11.0 Å². The van der Waals surface area contributed by atoms with E-state index >= 15 is 0 Å². The molecule has 1 amide bonds. The van der Waals surface area contributed by atoms with Crippen LogP contribution in [-0.2, 0) is 4.79 Å². The molecule has 4 heteroatoms. The summed E-state index contributed by atoms with van der Waals surface area (Å²) in [6.45, 7) is 1.77. The monoisotopic (exact) mass is 272 g/mol. The van der Waals surface area contributed by atoms with Crippen LogP contribution in [0.2, 0.25) is 0 Å². The van der Waals surface area contributed by atoms with Gasteiger partial charge in [-0.15, -0.1) is 0 Å². The summed E-state index contributed by atoms with van der Waals surface area (Å²) in [6.07, 6.45) is 4.65. The van der Waals surface area contributed by atoms with E-state index in [1.807, 2.05) is 18.2 Å². The van der Waals surface area contributed by atoms with Gasteiger partial charge in [0.25, 0.3) is 11.7 Å². The highest BCUT2D eigenvalue weighted by Crippen LogP contribution is 2.29. The summed E-state index contributed by atoms with van der Waals surface area (Å²) in [5.74, 6) is -0.734. The van der Waals surface area contributed by atoms with Crippen LogP contribution >= 0.6 is 0 Å². The molecule has 2 aliphatic rings. The number of likely N-dealkylation sites (tertiary alicyclic amines) is 1. The van der Waals surface area contributed by atoms with Gasteiger partial charge in [0, 0.05) is 12.6 Å². The van der Waals surface area contributed by atoms with Crippen LogP contribution in [0.1, 0.15) is 36.0 Å². The second-order valence-corrected chi connectivity index (χ2v) is 5.72. The minimum absolute atomic E-state index is 0.363. The van der Waals surface area contributed by atoms with Crippen molar-refractivity contribution in [3.63, 3.8) is 0 Å². The van der Waals surface area contributed by atoms with Gasteiger partial charge in [-0.2, -0.15) is 0 Å². The number of Topliss-reactive ketones (excluding diaryl/α,β-unsaturated/α-hetero) is 1. The molecule has 0 aliphatic carbocycles. The van der Waals surface area contributed by atoms with Crippen molar-refractivity contribution in [2.45, 2.75) is 31.7 Å². The zero-order valence-electron chi connectivity index (χ0n) is 11.8. The number of fused-ring (bicyclic) bond motifs is 1. The number of rotatable bonds is 3. The third-order valence-corrected chi connectivity index (χ3v) is 4.49. The molecule has 0 spiro atoms. The Bertz CT molecular complexity index is 541. The molecule has 0 radical (unpaired) electrons. The molecular weight excluding hydrogens is 252 g/mol. The average molecular weight is 272 g/mol. The van der Waals surface area contributed by atoms with Crippen molar-refractivity contribution < 1.29 is 9.59 Å². The zero-order chi connectivity index (χ0) is 14.1. The highest BCUT2D eigenvalue weighted by Gasteiger charge is 2.35. The van der Waals surface area contributed by atoms with Crippen LogP contribution < -0.4 is 4.90 Å². The summed E-state index contributed by atoms with van der Waals surface area (Å²) in [7, 11) is 2.15. The number of hydrogen-bond donors (Lipinski definition) is 0. The standard InChI is InChI=1S/C16H20N2O2/c1-17-10-5-4-6-12(17)9-11-18-14-8-3-2-7-13(14)15(19)16(18)20/h2-3,7-8,12H,4-6,9-11H2,1H3. The first-order valence-electron chi connectivity index (χ1n) is 7.34.